The third kappa shape index (κ3) is 6.20. The molecule has 1 N–H and O–H groups in total. The highest BCUT2D eigenvalue weighted by Gasteiger charge is 2.42. The molecule has 40 heavy (non-hydrogen) atoms. The zero-order chi connectivity index (χ0) is 29.0. The fraction of sp³-hybridized carbons (Fsp3) is 0.419. The summed E-state index contributed by atoms with van der Waals surface area (Å²) in [4.78, 5) is 27.5. The number of rotatable bonds is 10. The maximum atomic E-state index is 14.0. The monoisotopic (exact) mass is 613 g/mol. The van der Waals surface area contributed by atoms with Crippen molar-refractivity contribution in [3.8, 4) is 17.2 Å². The summed E-state index contributed by atoms with van der Waals surface area (Å²) in [5.41, 5.74) is 4.07. The first kappa shape index (κ1) is 29.7. The van der Waals surface area contributed by atoms with E-state index < -0.39 is 11.9 Å². The SMILES string of the molecule is COc1ccc([C@@H]2CC(=O)C3=C(C2)NC(C)=C(C(=O)OCCOC(C)C)[C@H]3c2cc(Br)ccc2OC)cc1OC. The molecule has 0 aromatic heterocycles. The van der Waals surface area contributed by atoms with Gasteiger partial charge in [-0.25, -0.2) is 4.79 Å². The number of carbonyl (C=O) groups is 2. The van der Waals surface area contributed by atoms with E-state index in [1.54, 1.807) is 21.3 Å². The lowest BCUT2D eigenvalue weighted by molar-refractivity contribution is -0.141. The number of nitrogens with one attached hydrogen (secondary N) is 1. The van der Waals surface area contributed by atoms with Crippen LogP contribution in [-0.2, 0) is 19.1 Å². The van der Waals surface area contributed by atoms with E-state index in [2.05, 4.69) is 21.2 Å². The van der Waals surface area contributed by atoms with Crippen molar-refractivity contribution in [3.05, 3.63) is 74.5 Å². The van der Waals surface area contributed by atoms with E-state index >= 15 is 0 Å². The van der Waals surface area contributed by atoms with Crippen LogP contribution in [0.2, 0.25) is 0 Å². The Morgan fingerprint density at radius 2 is 1.68 bits per heavy atom. The van der Waals surface area contributed by atoms with Gasteiger partial charge in [0.05, 0.1) is 45.5 Å². The Bertz CT molecular complexity index is 1350. The summed E-state index contributed by atoms with van der Waals surface area (Å²) in [6, 6.07) is 11.3. The van der Waals surface area contributed by atoms with Gasteiger partial charge in [-0.05, 0) is 69.0 Å². The van der Waals surface area contributed by atoms with Gasteiger partial charge in [0.2, 0.25) is 0 Å². The van der Waals surface area contributed by atoms with E-state index in [-0.39, 0.29) is 37.4 Å². The molecule has 0 bridgehead atoms. The lowest BCUT2D eigenvalue weighted by Crippen LogP contribution is -2.36. The molecule has 0 radical (unpaired) electrons. The summed E-state index contributed by atoms with van der Waals surface area (Å²) in [5.74, 6) is 0.569. The summed E-state index contributed by atoms with van der Waals surface area (Å²) < 4.78 is 28.6. The predicted molar refractivity (Wildman–Crippen MR) is 155 cm³/mol. The van der Waals surface area contributed by atoms with Crippen molar-refractivity contribution < 1.29 is 33.3 Å². The zero-order valence-electron chi connectivity index (χ0n) is 23.8. The molecule has 2 aromatic carbocycles. The van der Waals surface area contributed by atoms with Gasteiger partial charge in [0.1, 0.15) is 12.4 Å². The first-order valence-corrected chi connectivity index (χ1v) is 14.1. The minimum atomic E-state index is -0.652. The van der Waals surface area contributed by atoms with E-state index in [4.69, 9.17) is 23.7 Å². The zero-order valence-corrected chi connectivity index (χ0v) is 25.3. The Labute approximate surface area is 243 Å². The summed E-state index contributed by atoms with van der Waals surface area (Å²) in [6.07, 6.45) is 0.901. The van der Waals surface area contributed by atoms with Crippen LogP contribution in [0, 0.1) is 0 Å². The van der Waals surface area contributed by atoms with Crippen molar-refractivity contribution in [1.82, 2.24) is 5.32 Å². The Morgan fingerprint density at radius 3 is 2.35 bits per heavy atom. The highest BCUT2D eigenvalue weighted by atomic mass is 79.9. The Morgan fingerprint density at radius 1 is 0.975 bits per heavy atom. The largest absolute Gasteiger partial charge is 0.496 e. The van der Waals surface area contributed by atoms with Crippen LogP contribution in [0.25, 0.3) is 0 Å². The number of benzene rings is 2. The van der Waals surface area contributed by atoms with Crippen LogP contribution in [0.3, 0.4) is 0 Å². The maximum absolute atomic E-state index is 14.0. The summed E-state index contributed by atoms with van der Waals surface area (Å²) in [5, 5.41) is 3.39. The van der Waals surface area contributed by atoms with Gasteiger partial charge in [0.15, 0.2) is 17.3 Å². The Balaban J connectivity index is 1.75. The standard InChI is InChI=1S/C31H36BrNO7/c1-17(2)39-11-12-40-31(35)28-18(3)33-23-13-20(19-7-9-26(37-5)27(15-19)38-6)14-24(34)30(23)29(28)22-16-21(32)8-10-25(22)36-4/h7-10,15-17,20,29,33H,11-14H2,1-6H3/t20-,29+/m0/s1. The van der Waals surface area contributed by atoms with E-state index in [0.717, 1.165) is 15.7 Å². The molecule has 2 aromatic rings. The maximum Gasteiger partial charge on any atom is 0.336 e. The number of carbonyl (C=O) groups excluding carboxylic acids is 2. The fourth-order valence-corrected chi connectivity index (χ4v) is 5.77. The third-order valence-electron chi connectivity index (χ3n) is 7.20. The van der Waals surface area contributed by atoms with Crippen molar-refractivity contribution in [3.63, 3.8) is 0 Å². The smallest absolute Gasteiger partial charge is 0.336 e. The number of esters is 1. The molecule has 8 nitrogen and oxygen atoms in total. The molecule has 1 aliphatic heterocycles. The van der Waals surface area contributed by atoms with Crippen LogP contribution in [0.5, 0.6) is 17.2 Å². The van der Waals surface area contributed by atoms with Crippen LogP contribution >= 0.6 is 15.9 Å². The van der Waals surface area contributed by atoms with Crippen LogP contribution in [-0.4, -0.2) is 52.4 Å². The number of ether oxygens (including phenoxy) is 5. The average Bonchev–Trinajstić information content (AvgIpc) is 2.93. The van der Waals surface area contributed by atoms with E-state index in [0.29, 0.717) is 46.1 Å². The molecule has 0 fully saturated rings. The van der Waals surface area contributed by atoms with Crippen molar-refractivity contribution in [1.29, 1.82) is 0 Å². The minimum absolute atomic E-state index is 0.0286. The summed E-state index contributed by atoms with van der Waals surface area (Å²) in [7, 11) is 4.77. The molecule has 2 aliphatic rings. The highest BCUT2D eigenvalue weighted by molar-refractivity contribution is 9.10. The number of Topliss-reactive ketones (excluding diaryl/α,β-unsaturated/α-hetero) is 1. The second-order valence-electron chi connectivity index (χ2n) is 10.1. The van der Waals surface area contributed by atoms with Gasteiger partial charge in [-0.2, -0.15) is 0 Å². The average molecular weight is 615 g/mol. The van der Waals surface area contributed by atoms with Crippen molar-refractivity contribution in [2.75, 3.05) is 34.5 Å². The molecule has 0 unspecified atom stereocenters. The molecule has 1 aliphatic carbocycles. The van der Waals surface area contributed by atoms with E-state index in [1.807, 2.05) is 57.2 Å². The van der Waals surface area contributed by atoms with E-state index in [1.165, 1.54) is 0 Å². The normalized spacial score (nSPS) is 18.9. The molecule has 9 heteroatoms. The molecule has 1 heterocycles. The van der Waals surface area contributed by atoms with Crippen LogP contribution < -0.4 is 19.5 Å². The molecule has 0 saturated carbocycles. The third-order valence-corrected chi connectivity index (χ3v) is 7.69. The molecule has 0 spiro atoms. The topological polar surface area (TPSA) is 92.3 Å². The summed E-state index contributed by atoms with van der Waals surface area (Å²) in [6.45, 7) is 6.08. The van der Waals surface area contributed by atoms with Crippen molar-refractivity contribution in [2.45, 2.75) is 51.6 Å². The Hall–Kier alpha value is -3.30. The van der Waals surface area contributed by atoms with Crippen molar-refractivity contribution in [2.24, 2.45) is 0 Å². The number of hydrogen-bond donors (Lipinski definition) is 1. The van der Waals surface area contributed by atoms with Gasteiger partial charge in [-0.15, -0.1) is 0 Å². The first-order valence-electron chi connectivity index (χ1n) is 13.3. The van der Waals surface area contributed by atoms with E-state index in [9.17, 15) is 9.59 Å². The molecule has 2 atom stereocenters. The molecular formula is C31H36BrNO7. The molecule has 0 saturated heterocycles. The number of ketones is 1. The van der Waals surface area contributed by atoms with Gasteiger partial charge in [-0.3, -0.25) is 4.79 Å². The molecule has 4 rings (SSSR count). The summed E-state index contributed by atoms with van der Waals surface area (Å²) >= 11 is 3.55. The number of allylic oxidation sites excluding steroid dienone is 3. The van der Waals surface area contributed by atoms with Gasteiger partial charge in [-0.1, -0.05) is 22.0 Å². The molecule has 0 amide bonds. The van der Waals surface area contributed by atoms with Gasteiger partial charge >= 0.3 is 5.97 Å². The molecular weight excluding hydrogens is 578 g/mol. The molecule has 214 valence electrons. The number of halogens is 1. The van der Waals surface area contributed by atoms with Gasteiger partial charge in [0.25, 0.3) is 0 Å². The second kappa shape index (κ2) is 12.9. The first-order chi connectivity index (χ1) is 19.2. The number of dihydropyridines is 1. The van der Waals surface area contributed by atoms with Crippen LogP contribution in [0.1, 0.15) is 56.6 Å². The lowest BCUT2D eigenvalue weighted by Gasteiger charge is -2.37. The minimum Gasteiger partial charge on any atom is -0.496 e. The van der Waals surface area contributed by atoms with Crippen LogP contribution in [0.4, 0.5) is 0 Å². The fourth-order valence-electron chi connectivity index (χ4n) is 5.39. The lowest BCUT2D eigenvalue weighted by atomic mass is 9.71. The van der Waals surface area contributed by atoms with Gasteiger partial charge in [0, 0.05) is 33.4 Å². The number of methoxy groups -OCH3 is 3. The number of hydrogen-bond acceptors (Lipinski definition) is 8. The predicted octanol–water partition coefficient (Wildman–Crippen LogP) is 5.80. The Kier molecular flexibility index (Phi) is 9.58. The van der Waals surface area contributed by atoms with Gasteiger partial charge < -0.3 is 29.0 Å². The quantitative estimate of drug-likeness (QED) is 0.265. The second-order valence-corrected chi connectivity index (χ2v) is 11.0. The van der Waals surface area contributed by atoms with Crippen molar-refractivity contribution >= 4 is 27.7 Å². The van der Waals surface area contributed by atoms with Crippen LogP contribution in [0.15, 0.2) is 63.4 Å². The highest BCUT2D eigenvalue weighted by Crippen LogP contribution is 2.48.